The summed E-state index contributed by atoms with van der Waals surface area (Å²) >= 11 is 0. The van der Waals surface area contributed by atoms with Gasteiger partial charge in [-0.05, 0) is 26.0 Å². The Morgan fingerprint density at radius 2 is 2.31 bits per heavy atom. The van der Waals surface area contributed by atoms with Gasteiger partial charge >= 0.3 is 0 Å². The van der Waals surface area contributed by atoms with Crippen LogP contribution in [0, 0.1) is 16.7 Å². The molecule has 0 spiro atoms. The van der Waals surface area contributed by atoms with Gasteiger partial charge in [-0.25, -0.2) is 0 Å². The molecule has 0 aromatic carbocycles. The number of ketones is 1. The second kappa shape index (κ2) is 4.40. The topological polar surface area (TPSA) is 56.1 Å². The summed E-state index contributed by atoms with van der Waals surface area (Å²) in [5.74, 6) is -0.0582. The molecule has 1 heterocycles. The Morgan fingerprint density at radius 3 is 2.81 bits per heavy atom. The molecule has 0 fully saturated rings. The molecule has 0 amide bonds. The van der Waals surface area contributed by atoms with E-state index in [1.807, 2.05) is 27.1 Å². The second-order valence-corrected chi connectivity index (χ2v) is 4.46. The Bertz CT molecular complexity index is 390. The van der Waals surface area contributed by atoms with Gasteiger partial charge < -0.3 is 10.2 Å². The van der Waals surface area contributed by atoms with Gasteiger partial charge in [0, 0.05) is 26.0 Å². The van der Waals surface area contributed by atoms with Crippen molar-refractivity contribution in [2.24, 2.45) is 5.41 Å². The average molecular weight is 219 g/mol. The quantitative estimate of drug-likeness (QED) is 0.720. The molecule has 0 saturated carbocycles. The van der Waals surface area contributed by atoms with Crippen molar-refractivity contribution in [2.45, 2.75) is 19.9 Å². The molecule has 0 radical (unpaired) electrons. The van der Waals surface area contributed by atoms with Gasteiger partial charge in [0.25, 0.3) is 0 Å². The summed E-state index contributed by atoms with van der Waals surface area (Å²) in [5, 5.41) is 12.0. The van der Waals surface area contributed by atoms with Crippen LogP contribution in [0.1, 0.15) is 13.8 Å². The molecule has 0 saturated heterocycles. The summed E-state index contributed by atoms with van der Waals surface area (Å²) < 4.78 is 0. The molecule has 2 unspecified atom stereocenters. The molecule has 16 heavy (non-hydrogen) atoms. The first-order valence-corrected chi connectivity index (χ1v) is 5.15. The highest BCUT2D eigenvalue weighted by molar-refractivity contribution is 5.97. The van der Waals surface area contributed by atoms with Crippen LogP contribution < -0.4 is 5.32 Å². The SMILES string of the molecule is CC1=CC(C)(C(=O)C=CN(C)C)C(C#N)N1. The summed E-state index contributed by atoms with van der Waals surface area (Å²) in [5.41, 5.74) is 0.117. The van der Waals surface area contributed by atoms with E-state index in [4.69, 9.17) is 5.26 Å². The van der Waals surface area contributed by atoms with E-state index in [1.54, 1.807) is 18.0 Å². The summed E-state index contributed by atoms with van der Waals surface area (Å²) in [6.45, 7) is 3.64. The molecule has 0 aromatic rings. The Kier molecular flexibility index (Phi) is 3.38. The maximum Gasteiger partial charge on any atom is 0.169 e. The molecular weight excluding hydrogens is 202 g/mol. The van der Waals surface area contributed by atoms with Gasteiger partial charge in [-0.1, -0.05) is 0 Å². The highest BCUT2D eigenvalue weighted by atomic mass is 16.1. The van der Waals surface area contributed by atoms with Crippen LogP contribution in [-0.2, 0) is 4.79 Å². The molecule has 0 aliphatic carbocycles. The maximum absolute atomic E-state index is 12.0. The van der Waals surface area contributed by atoms with Crippen molar-refractivity contribution < 1.29 is 4.79 Å². The third-order valence-corrected chi connectivity index (χ3v) is 2.67. The van der Waals surface area contributed by atoms with E-state index in [0.29, 0.717) is 0 Å². The Labute approximate surface area is 96.2 Å². The minimum Gasteiger partial charge on any atom is -0.383 e. The molecule has 0 bridgehead atoms. The lowest BCUT2D eigenvalue weighted by Gasteiger charge is -2.22. The molecule has 1 rings (SSSR count). The van der Waals surface area contributed by atoms with Gasteiger partial charge in [0.2, 0.25) is 0 Å². The third kappa shape index (κ3) is 2.25. The Morgan fingerprint density at radius 1 is 1.69 bits per heavy atom. The number of allylic oxidation sites excluding steroid dienone is 2. The number of nitrogens with zero attached hydrogens (tertiary/aromatic N) is 2. The van der Waals surface area contributed by atoms with E-state index in [-0.39, 0.29) is 5.78 Å². The second-order valence-electron chi connectivity index (χ2n) is 4.46. The molecule has 1 aliphatic rings. The number of carbonyl (C=O) groups is 1. The molecule has 2 atom stereocenters. The Hall–Kier alpha value is -1.76. The predicted molar refractivity (Wildman–Crippen MR) is 62.2 cm³/mol. The number of hydrogen-bond acceptors (Lipinski definition) is 4. The lowest BCUT2D eigenvalue weighted by Crippen LogP contribution is -2.39. The van der Waals surface area contributed by atoms with E-state index in [9.17, 15) is 4.79 Å². The fourth-order valence-electron chi connectivity index (χ4n) is 1.73. The molecule has 1 N–H and O–H groups in total. The number of nitrogens with one attached hydrogen (secondary N) is 1. The lowest BCUT2D eigenvalue weighted by atomic mass is 9.80. The summed E-state index contributed by atoms with van der Waals surface area (Å²) in [6.07, 6.45) is 5.04. The molecule has 0 aromatic heterocycles. The van der Waals surface area contributed by atoms with Crippen molar-refractivity contribution >= 4 is 5.78 Å². The van der Waals surface area contributed by atoms with Crippen molar-refractivity contribution in [3.63, 3.8) is 0 Å². The van der Waals surface area contributed by atoms with Crippen LogP contribution in [0.2, 0.25) is 0 Å². The minimum atomic E-state index is -0.759. The van der Waals surface area contributed by atoms with Crippen molar-refractivity contribution in [1.82, 2.24) is 10.2 Å². The number of rotatable bonds is 3. The smallest absolute Gasteiger partial charge is 0.169 e. The number of carbonyl (C=O) groups excluding carboxylic acids is 1. The van der Waals surface area contributed by atoms with E-state index in [1.165, 1.54) is 6.08 Å². The van der Waals surface area contributed by atoms with E-state index < -0.39 is 11.5 Å². The lowest BCUT2D eigenvalue weighted by molar-refractivity contribution is -0.121. The highest BCUT2D eigenvalue weighted by Gasteiger charge is 2.42. The zero-order valence-electron chi connectivity index (χ0n) is 10.1. The van der Waals surface area contributed by atoms with Crippen LogP contribution in [0.15, 0.2) is 24.0 Å². The van der Waals surface area contributed by atoms with Crippen molar-refractivity contribution in [2.75, 3.05) is 14.1 Å². The zero-order valence-corrected chi connectivity index (χ0v) is 10.1. The van der Waals surface area contributed by atoms with Crippen molar-refractivity contribution in [3.8, 4) is 6.07 Å². The van der Waals surface area contributed by atoms with Gasteiger partial charge in [-0.15, -0.1) is 0 Å². The van der Waals surface area contributed by atoms with E-state index in [0.717, 1.165) is 5.70 Å². The molecule has 1 aliphatic heterocycles. The number of hydrogen-bond donors (Lipinski definition) is 1. The summed E-state index contributed by atoms with van der Waals surface area (Å²) in [4.78, 5) is 13.8. The zero-order chi connectivity index (χ0) is 12.3. The standard InChI is InChI=1S/C12H17N3O/c1-9-7-12(2,10(8-13)14-9)11(16)5-6-15(3)4/h5-7,10,14H,1-4H3. The Balaban J connectivity index is 2.93. The molecule has 86 valence electrons. The van der Waals surface area contributed by atoms with Gasteiger partial charge in [0.15, 0.2) is 5.78 Å². The highest BCUT2D eigenvalue weighted by Crippen LogP contribution is 2.31. The van der Waals surface area contributed by atoms with Crippen molar-refractivity contribution in [3.05, 3.63) is 24.0 Å². The monoisotopic (exact) mass is 219 g/mol. The fourth-order valence-corrected chi connectivity index (χ4v) is 1.73. The molecular formula is C12H17N3O. The van der Waals surface area contributed by atoms with Gasteiger partial charge in [-0.2, -0.15) is 5.26 Å². The summed E-state index contributed by atoms with van der Waals surface area (Å²) in [7, 11) is 3.70. The first-order chi connectivity index (χ1) is 7.40. The van der Waals surface area contributed by atoms with E-state index >= 15 is 0 Å². The van der Waals surface area contributed by atoms with Gasteiger partial charge in [0.05, 0.1) is 11.5 Å². The third-order valence-electron chi connectivity index (χ3n) is 2.67. The molecule has 4 nitrogen and oxygen atoms in total. The van der Waals surface area contributed by atoms with Gasteiger partial charge in [-0.3, -0.25) is 4.79 Å². The van der Waals surface area contributed by atoms with Crippen LogP contribution in [0.4, 0.5) is 0 Å². The first-order valence-electron chi connectivity index (χ1n) is 5.15. The van der Waals surface area contributed by atoms with Crippen LogP contribution in [0.25, 0.3) is 0 Å². The predicted octanol–water partition coefficient (Wildman–Crippen LogP) is 1.04. The summed E-state index contributed by atoms with van der Waals surface area (Å²) in [6, 6.07) is 1.64. The maximum atomic E-state index is 12.0. The molecule has 4 heteroatoms. The largest absolute Gasteiger partial charge is 0.383 e. The van der Waals surface area contributed by atoms with Gasteiger partial charge in [0.1, 0.15) is 6.04 Å². The first kappa shape index (κ1) is 12.3. The van der Waals surface area contributed by atoms with Crippen LogP contribution in [-0.4, -0.2) is 30.8 Å². The fraction of sp³-hybridized carbons (Fsp3) is 0.500. The normalized spacial score (nSPS) is 28.4. The van der Waals surface area contributed by atoms with Crippen LogP contribution in [0.3, 0.4) is 0 Å². The minimum absolute atomic E-state index is 0.0582. The van der Waals surface area contributed by atoms with E-state index in [2.05, 4.69) is 11.4 Å². The van der Waals surface area contributed by atoms with Crippen molar-refractivity contribution in [1.29, 1.82) is 5.26 Å². The van der Waals surface area contributed by atoms with Crippen LogP contribution >= 0.6 is 0 Å². The average Bonchev–Trinajstić information content (AvgIpc) is 2.51. The van der Waals surface area contributed by atoms with Crippen LogP contribution in [0.5, 0.6) is 0 Å². The number of nitriles is 1.